The van der Waals surface area contributed by atoms with E-state index in [2.05, 4.69) is 20.8 Å². The molecule has 3 rings (SSSR count). The number of carbonyl (C=O) groups excluding carboxylic acids is 2. The van der Waals surface area contributed by atoms with Gasteiger partial charge in [0.25, 0.3) is 0 Å². The molecule has 3 nitrogen and oxygen atoms in total. The van der Waals surface area contributed by atoms with Crippen LogP contribution in [0.2, 0.25) is 0 Å². The fraction of sp³-hybridized carbons (Fsp3) is 0.417. The number of aliphatic hydroxyl groups excluding tert-OH is 1. The number of fused-ring (bicyclic) bond motifs is 2. The van der Waals surface area contributed by atoms with Crippen molar-refractivity contribution in [1.82, 2.24) is 0 Å². The van der Waals surface area contributed by atoms with Gasteiger partial charge in [-0.25, -0.2) is 0 Å². The van der Waals surface area contributed by atoms with E-state index in [0.717, 1.165) is 31.2 Å². The summed E-state index contributed by atoms with van der Waals surface area (Å²) in [4.78, 5) is 25.7. The van der Waals surface area contributed by atoms with Crippen LogP contribution in [-0.4, -0.2) is 23.3 Å². The van der Waals surface area contributed by atoms with Gasteiger partial charge in [0.05, 0.1) is 0 Å². The molecule has 1 atom stereocenters. The van der Waals surface area contributed by atoms with Crippen molar-refractivity contribution in [2.75, 3.05) is 6.61 Å². The zero-order chi connectivity index (χ0) is 19.6. The van der Waals surface area contributed by atoms with E-state index in [1.165, 1.54) is 0 Å². The Bertz CT molecular complexity index is 864. The number of rotatable bonds is 7. The molecule has 1 aliphatic rings. The van der Waals surface area contributed by atoms with Gasteiger partial charge in [0.2, 0.25) is 0 Å². The molecule has 27 heavy (non-hydrogen) atoms. The highest BCUT2D eigenvalue weighted by molar-refractivity contribution is 6.28. The minimum atomic E-state index is -0.0751. The van der Waals surface area contributed by atoms with Crippen LogP contribution in [0.4, 0.5) is 0 Å². The molecule has 0 radical (unpaired) electrons. The van der Waals surface area contributed by atoms with Crippen molar-refractivity contribution in [2.45, 2.75) is 51.9 Å². The summed E-state index contributed by atoms with van der Waals surface area (Å²) < 4.78 is 0. The first-order valence-electron chi connectivity index (χ1n) is 9.79. The van der Waals surface area contributed by atoms with Gasteiger partial charge in [-0.05, 0) is 41.9 Å². The second kappa shape index (κ2) is 7.77. The molecule has 1 aliphatic carbocycles. The maximum Gasteiger partial charge on any atom is 0.194 e. The van der Waals surface area contributed by atoms with Crippen molar-refractivity contribution < 1.29 is 14.7 Å². The SMILES string of the molecule is CC(CCO)CCCC(C)(C)c1ccc2c(c1)C(=O)c1ccccc1C2=O. The third-order valence-electron chi connectivity index (χ3n) is 5.83. The van der Waals surface area contributed by atoms with E-state index in [9.17, 15) is 9.59 Å². The Balaban J connectivity index is 1.83. The zero-order valence-electron chi connectivity index (χ0n) is 16.4. The minimum absolute atomic E-state index is 0.0607. The van der Waals surface area contributed by atoms with Crippen LogP contribution in [0.1, 0.15) is 83.9 Å². The van der Waals surface area contributed by atoms with Crippen molar-refractivity contribution in [3.05, 3.63) is 70.3 Å². The van der Waals surface area contributed by atoms with Crippen molar-refractivity contribution in [3.63, 3.8) is 0 Å². The van der Waals surface area contributed by atoms with E-state index < -0.39 is 0 Å². The molecule has 0 aromatic heterocycles. The van der Waals surface area contributed by atoms with Crippen molar-refractivity contribution in [2.24, 2.45) is 5.92 Å². The Kier molecular flexibility index (Phi) is 5.61. The molecule has 3 heteroatoms. The Morgan fingerprint density at radius 1 is 0.889 bits per heavy atom. The molecule has 0 saturated heterocycles. The molecule has 0 fully saturated rings. The molecule has 0 aliphatic heterocycles. The molecular weight excluding hydrogens is 336 g/mol. The van der Waals surface area contributed by atoms with Gasteiger partial charge >= 0.3 is 0 Å². The first-order valence-corrected chi connectivity index (χ1v) is 9.79. The standard InChI is InChI=1S/C24H28O3/c1-16(12-14-25)7-6-13-24(2,3)17-10-11-20-21(15-17)23(27)19-9-5-4-8-18(19)22(20)26/h4-5,8-11,15-16,25H,6-7,12-14H2,1-3H3. The van der Waals surface area contributed by atoms with Crippen LogP contribution in [-0.2, 0) is 5.41 Å². The normalized spacial score (nSPS) is 14.7. The summed E-state index contributed by atoms with van der Waals surface area (Å²) in [6, 6.07) is 12.8. The Labute approximate surface area is 161 Å². The van der Waals surface area contributed by atoms with Crippen LogP contribution in [0.15, 0.2) is 42.5 Å². The third kappa shape index (κ3) is 3.89. The number of carbonyl (C=O) groups is 2. The van der Waals surface area contributed by atoms with Crippen molar-refractivity contribution >= 4 is 11.6 Å². The van der Waals surface area contributed by atoms with Gasteiger partial charge in [-0.3, -0.25) is 9.59 Å². The monoisotopic (exact) mass is 364 g/mol. The number of hydrogen-bond acceptors (Lipinski definition) is 3. The van der Waals surface area contributed by atoms with Gasteiger partial charge in [-0.15, -0.1) is 0 Å². The molecule has 0 amide bonds. The smallest absolute Gasteiger partial charge is 0.194 e. The molecule has 2 aromatic rings. The lowest BCUT2D eigenvalue weighted by atomic mass is 9.76. The number of aliphatic hydroxyl groups is 1. The van der Waals surface area contributed by atoms with E-state index in [-0.39, 0.29) is 23.6 Å². The van der Waals surface area contributed by atoms with Crippen LogP contribution in [0.5, 0.6) is 0 Å². The highest BCUT2D eigenvalue weighted by atomic mass is 16.3. The van der Waals surface area contributed by atoms with Crippen LogP contribution in [0, 0.1) is 5.92 Å². The van der Waals surface area contributed by atoms with Crippen molar-refractivity contribution in [3.8, 4) is 0 Å². The zero-order valence-corrected chi connectivity index (χ0v) is 16.4. The summed E-state index contributed by atoms with van der Waals surface area (Å²) in [6.07, 6.45) is 4.00. The van der Waals surface area contributed by atoms with E-state index in [0.29, 0.717) is 28.2 Å². The minimum Gasteiger partial charge on any atom is -0.396 e. The van der Waals surface area contributed by atoms with Crippen LogP contribution < -0.4 is 0 Å². The third-order valence-corrected chi connectivity index (χ3v) is 5.83. The predicted octanol–water partition coefficient (Wildman–Crippen LogP) is 4.93. The predicted molar refractivity (Wildman–Crippen MR) is 107 cm³/mol. The molecule has 1 unspecified atom stereocenters. The Morgan fingerprint density at radius 2 is 1.48 bits per heavy atom. The topological polar surface area (TPSA) is 54.4 Å². The Morgan fingerprint density at radius 3 is 2.11 bits per heavy atom. The number of ketones is 2. The maximum atomic E-state index is 12.9. The van der Waals surface area contributed by atoms with E-state index >= 15 is 0 Å². The number of benzene rings is 2. The molecule has 2 aromatic carbocycles. The molecule has 0 spiro atoms. The second-order valence-electron chi connectivity index (χ2n) is 8.36. The lowest BCUT2D eigenvalue weighted by Gasteiger charge is -2.28. The first-order chi connectivity index (χ1) is 12.8. The lowest BCUT2D eigenvalue weighted by molar-refractivity contribution is 0.0979. The summed E-state index contributed by atoms with van der Waals surface area (Å²) in [5.74, 6) is 0.391. The summed E-state index contributed by atoms with van der Waals surface area (Å²) in [7, 11) is 0. The highest BCUT2D eigenvalue weighted by Crippen LogP contribution is 2.34. The lowest BCUT2D eigenvalue weighted by Crippen LogP contribution is -2.23. The highest BCUT2D eigenvalue weighted by Gasteiger charge is 2.31. The molecule has 0 saturated carbocycles. The largest absolute Gasteiger partial charge is 0.396 e. The van der Waals surface area contributed by atoms with Gasteiger partial charge in [-0.2, -0.15) is 0 Å². The fourth-order valence-corrected chi connectivity index (χ4v) is 3.92. The van der Waals surface area contributed by atoms with Crippen LogP contribution in [0.3, 0.4) is 0 Å². The molecule has 1 N–H and O–H groups in total. The first kappa shape index (κ1) is 19.5. The van der Waals surface area contributed by atoms with Gasteiger partial charge in [0, 0.05) is 28.9 Å². The molecule has 0 heterocycles. The summed E-state index contributed by atoms with van der Waals surface area (Å²) in [5.41, 5.74) is 3.06. The second-order valence-corrected chi connectivity index (χ2v) is 8.36. The fourth-order valence-electron chi connectivity index (χ4n) is 3.92. The van der Waals surface area contributed by atoms with Crippen LogP contribution in [0.25, 0.3) is 0 Å². The quantitative estimate of drug-likeness (QED) is 0.647. The number of hydrogen-bond donors (Lipinski definition) is 1. The maximum absolute atomic E-state index is 12.9. The molecule has 142 valence electrons. The van der Waals surface area contributed by atoms with E-state index in [1.54, 1.807) is 24.3 Å². The molecule has 0 bridgehead atoms. The average molecular weight is 364 g/mol. The Hall–Kier alpha value is -2.26. The van der Waals surface area contributed by atoms with Gasteiger partial charge in [0.1, 0.15) is 0 Å². The average Bonchev–Trinajstić information content (AvgIpc) is 2.66. The van der Waals surface area contributed by atoms with Gasteiger partial charge in [-0.1, -0.05) is 63.9 Å². The van der Waals surface area contributed by atoms with E-state index in [4.69, 9.17) is 5.11 Å². The van der Waals surface area contributed by atoms with Crippen molar-refractivity contribution in [1.29, 1.82) is 0 Å². The van der Waals surface area contributed by atoms with Gasteiger partial charge < -0.3 is 5.11 Å². The molecular formula is C24H28O3. The summed E-state index contributed by atoms with van der Waals surface area (Å²) in [6.45, 7) is 6.79. The van der Waals surface area contributed by atoms with E-state index in [1.807, 2.05) is 18.2 Å². The summed E-state index contributed by atoms with van der Waals surface area (Å²) >= 11 is 0. The van der Waals surface area contributed by atoms with Crippen LogP contribution >= 0.6 is 0 Å². The van der Waals surface area contributed by atoms with Gasteiger partial charge in [0.15, 0.2) is 11.6 Å². The summed E-state index contributed by atoms with van der Waals surface area (Å²) in [5, 5.41) is 9.04.